The van der Waals surface area contributed by atoms with Crippen LogP contribution in [0.15, 0.2) is 31.3 Å². The largest absolute Gasteiger partial charge is 0.285 e. The van der Waals surface area contributed by atoms with Crippen LogP contribution in [0.3, 0.4) is 0 Å². The first-order chi connectivity index (χ1) is 12.2. The highest BCUT2D eigenvalue weighted by molar-refractivity contribution is 8.28. The van der Waals surface area contributed by atoms with Gasteiger partial charge >= 0.3 is 0 Å². The highest BCUT2D eigenvalue weighted by atomic mass is 32.2. The summed E-state index contributed by atoms with van der Waals surface area (Å²) in [5, 5.41) is 0.315. The molecule has 0 aromatic heterocycles. The van der Waals surface area contributed by atoms with Gasteiger partial charge in [-0.2, -0.15) is 0 Å². The number of nitrogens with zero attached hydrogens (tertiary/aromatic N) is 2. The summed E-state index contributed by atoms with van der Waals surface area (Å²) < 4.78 is 0.802. The zero-order chi connectivity index (χ0) is 19.2. The molecule has 26 heavy (non-hydrogen) atoms. The SMILES string of the molecule is CCN1C(=O)C(=C2SC3=C(CCC(C(C)(C)C)=C3)S2)C(=O)N(CC)C1=S. The smallest absolute Gasteiger partial charge is 0.267 e. The minimum absolute atomic E-state index is 0.139. The third-order valence-electron chi connectivity index (χ3n) is 4.80. The van der Waals surface area contributed by atoms with E-state index >= 15 is 0 Å². The molecule has 0 aromatic carbocycles. The molecular formula is C19H24N2O2S3. The predicted octanol–water partition coefficient (Wildman–Crippen LogP) is 4.65. The van der Waals surface area contributed by atoms with Crippen LogP contribution in [0.25, 0.3) is 0 Å². The van der Waals surface area contributed by atoms with Crippen molar-refractivity contribution in [1.29, 1.82) is 0 Å². The van der Waals surface area contributed by atoms with E-state index in [0.29, 0.717) is 18.2 Å². The van der Waals surface area contributed by atoms with Gasteiger partial charge in [-0.1, -0.05) is 49.9 Å². The van der Waals surface area contributed by atoms with Gasteiger partial charge in [0.15, 0.2) is 5.11 Å². The molecule has 3 rings (SSSR count). The maximum absolute atomic E-state index is 12.9. The van der Waals surface area contributed by atoms with Crippen molar-refractivity contribution in [2.24, 2.45) is 5.41 Å². The Labute approximate surface area is 169 Å². The maximum atomic E-state index is 12.9. The molecule has 0 saturated carbocycles. The van der Waals surface area contributed by atoms with Crippen molar-refractivity contribution < 1.29 is 9.59 Å². The van der Waals surface area contributed by atoms with Gasteiger partial charge in [-0.3, -0.25) is 19.4 Å². The molecule has 1 aliphatic carbocycles. The Hall–Kier alpha value is -1.05. The lowest BCUT2D eigenvalue weighted by Crippen LogP contribution is -2.56. The van der Waals surface area contributed by atoms with Crippen LogP contribution in [0.5, 0.6) is 0 Å². The molecular weight excluding hydrogens is 384 g/mol. The van der Waals surface area contributed by atoms with Crippen molar-refractivity contribution in [1.82, 2.24) is 9.80 Å². The van der Waals surface area contributed by atoms with Gasteiger partial charge in [0.25, 0.3) is 11.8 Å². The van der Waals surface area contributed by atoms with Crippen LogP contribution in [0.4, 0.5) is 0 Å². The number of amides is 2. The Morgan fingerprint density at radius 2 is 1.62 bits per heavy atom. The second kappa shape index (κ2) is 7.17. The van der Waals surface area contributed by atoms with Gasteiger partial charge in [0, 0.05) is 22.9 Å². The zero-order valence-corrected chi connectivity index (χ0v) is 18.3. The van der Waals surface area contributed by atoms with E-state index in [1.54, 1.807) is 23.5 Å². The van der Waals surface area contributed by atoms with E-state index < -0.39 is 0 Å². The van der Waals surface area contributed by atoms with E-state index in [-0.39, 0.29) is 22.8 Å². The van der Waals surface area contributed by atoms with Crippen molar-refractivity contribution in [2.45, 2.75) is 47.5 Å². The summed E-state index contributed by atoms with van der Waals surface area (Å²) in [7, 11) is 0. The lowest BCUT2D eigenvalue weighted by atomic mass is 9.82. The molecule has 2 amide bonds. The summed E-state index contributed by atoms with van der Waals surface area (Å²) in [6.45, 7) is 11.4. The average molecular weight is 409 g/mol. The van der Waals surface area contributed by atoms with Gasteiger partial charge < -0.3 is 0 Å². The van der Waals surface area contributed by atoms with Gasteiger partial charge in [-0.05, 0) is 50.4 Å². The molecule has 0 radical (unpaired) electrons. The molecule has 140 valence electrons. The second-order valence-electron chi connectivity index (χ2n) is 7.45. The van der Waals surface area contributed by atoms with Crippen LogP contribution >= 0.6 is 35.7 Å². The molecule has 1 saturated heterocycles. The van der Waals surface area contributed by atoms with Gasteiger partial charge in [-0.25, -0.2) is 0 Å². The number of rotatable bonds is 2. The van der Waals surface area contributed by atoms with Crippen molar-refractivity contribution in [3.8, 4) is 0 Å². The van der Waals surface area contributed by atoms with Crippen molar-refractivity contribution in [3.63, 3.8) is 0 Å². The molecule has 2 aliphatic heterocycles. The molecule has 3 aliphatic rings. The molecule has 0 aromatic rings. The van der Waals surface area contributed by atoms with E-state index in [9.17, 15) is 9.59 Å². The molecule has 0 unspecified atom stereocenters. The molecule has 7 heteroatoms. The number of carbonyl (C=O) groups is 2. The first-order valence-electron chi connectivity index (χ1n) is 8.90. The van der Waals surface area contributed by atoms with Gasteiger partial charge in [-0.15, -0.1) is 0 Å². The topological polar surface area (TPSA) is 40.6 Å². The van der Waals surface area contributed by atoms with Gasteiger partial charge in [0.2, 0.25) is 0 Å². The first-order valence-corrected chi connectivity index (χ1v) is 10.9. The number of carbonyl (C=O) groups excluding carboxylic acids is 2. The van der Waals surface area contributed by atoms with Gasteiger partial charge in [0.1, 0.15) is 5.57 Å². The lowest BCUT2D eigenvalue weighted by Gasteiger charge is -2.35. The second-order valence-corrected chi connectivity index (χ2v) is 10.2. The Morgan fingerprint density at radius 3 is 2.12 bits per heavy atom. The van der Waals surface area contributed by atoms with E-state index in [1.807, 2.05) is 13.8 Å². The molecule has 1 fully saturated rings. The molecule has 2 heterocycles. The fourth-order valence-corrected chi connectivity index (χ4v) is 6.38. The van der Waals surface area contributed by atoms with Crippen LogP contribution in [-0.2, 0) is 9.59 Å². The van der Waals surface area contributed by atoms with E-state index in [0.717, 1.165) is 17.1 Å². The monoisotopic (exact) mass is 408 g/mol. The summed E-state index contributed by atoms with van der Waals surface area (Å²) in [5.74, 6) is -0.524. The predicted molar refractivity (Wildman–Crippen MR) is 113 cm³/mol. The third kappa shape index (κ3) is 3.29. The van der Waals surface area contributed by atoms with Crippen molar-refractivity contribution >= 4 is 52.7 Å². The lowest BCUT2D eigenvalue weighted by molar-refractivity contribution is -0.133. The number of hydrogen-bond donors (Lipinski definition) is 0. The Kier molecular flexibility index (Phi) is 5.43. The summed E-state index contributed by atoms with van der Waals surface area (Å²) in [6.07, 6.45) is 4.26. The quantitative estimate of drug-likeness (QED) is 0.378. The van der Waals surface area contributed by atoms with Gasteiger partial charge in [0.05, 0.1) is 4.24 Å². The number of thioether (sulfide) groups is 2. The van der Waals surface area contributed by atoms with Crippen LogP contribution in [0, 0.1) is 5.41 Å². The highest BCUT2D eigenvalue weighted by Crippen LogP contribution is 2.56. The van der Waals surface area contributed by atoms with Crippen molar-refractivity contribution in [3.05, 3.63) is 31.3 Å². The Bertz CT molecular complexity index is 759. The minimum Gasteiger partial charge on any atom is -0.285 e. The summed E-state index contributed by atoms with van der Waals surface area (Å²) >= 11 is 8.49. The Morgan fingerprint density at radius 1 is 1.04 bits per heavy atom. The highest BCUT2D eigenvalue weighted by Gasteiger charge is 2.42. The van der Waals surface area contributed by atoms with Crippen molar-refractivity contribution in [2.75, 3.05) is 13.1 Å². The third-order valence-corrected chi connectivity index (χ3v) is 7.90. The molecule has 4 nitrogen and oxygen atoms in total. The fraction of sp³-hybridized carbons (Fsp3) is 0.526. The van der Waals surface area contributed by atoms with E-state index in [2.05, 4.69) is 26.8 Å². The van der Waals surface area contributed by atoms with Crippen LogP contribution in [-0.4, -0.2) is 39.8 Å². The number of thiocarbonyl (C=S) groups is 1. The fourth-order valence-electron chi connectivity index (χ4n) is 3.21. The van der Waals surface area contributed by atoms with E-state index in [1.165, 1.54) is 25.2 Å². The summed E-state index contributed by atoms with van der Waals surface area (Å²) in [5.41, 5.74) is 1.83. The minimum atomic E-state index is -0.262. The molecule has 0 spiro atoms. The maximum Gasteiger partial charge on any atom is 0.267 e. The number of allylic oxidation sites excluding steroid dienone is 3. The van der Waals surface area contributed by atoms with E-state index in [4.69, 9.17) is 12.2 Å². The van der Waals surface area contributed by atoms with Crippen LogP contribution in [0.2, 0.25) is 0 Å². The van der Waals surface area contributed by atoms with Crippen LogP contribution in [0.1, 0.15) is 47.5 Å². The first kappa shape index (κ1) is 19.7. The van der Waals surface area contributed by atoms with Crippen LogP contribution < -0.4 is 0 Å². The number of likely N-dealkylation sites (N-methyl/N-ethyl adjacent to an activating group) is 2. The normalized spacial score (nSPS) is 21.7. The average Bonchev–Trinajstić information content (AvgIpc) is 2.97. The summed E-state index contributed by atoms with van der Waals surface area (Å²) in [6, 6.07) is 0. The summed E-state index contributed by atoms with van der Waals surface area (Å²) in [4.78, 5) is 31.4. The molecule has 0 bridgehead atoms. The molecule has 0 N–H and O–H groups in total. The Balaban J connectivity index is 1.97. The standard InChI is InChI=1S/C19H24N2O2S3/c1-6-20-15(22)14(16(23)21(7-2)18(20)24)17-25-12-9-8-11(19(3,4)5)10-13(12)26-17/h10H,6-9H2,1-5H3. The molecule has 0 atom stereocenters. The number of hydrogen-bond acceptors (Lipinski definition) is 5. The zero-order valence-electron chi connectivity index (χ0n) is 15.8.